The molecule has 0 spiro atoms. The van der Waals surface area contributed by atoms with E-state index in [2.05, 4.69) is 9.71 Å². The lowest BCUT2D eigenvalue weighted by Crippen LogP contribution is -2.52. The molecule has 8 nitrogen and oxygen atoms in total. The molecule has 1 aliphatic rings. The molecule has 0 amide bonds. The van der Waals surface area contributed by atoms with Crippen LogP contribution in [0.5, 0.6) is 0 Å². The standard InChI is InChI=1S/C11H14N2O6S2/c1-2-19-11(14)9-3-4-12-5-10(9)21(17,18)13-8-6-20(15,16)7-8/h3-5,8,13H,2,6-7H2,1H3. The number of ether oxygens (including phenoxy) is 1. The summed E-state index contributed by atoms with van der Waals surface area (Å²) in [5, 5.41) is 0. The molecule has 0 aromatic carbocycles. The normalized spacial score (nSPS) is 18.0. The maximum absolute atomic E-state index is 12.2. The smallest absolute Gasteiger partial charge is 0.339 e. The van der Waals surface area contributed by atoms with Crippen LogP contribution < -0.4 is 4.72 Å². The lowest BCUT2D eigenvalue weighted by Gasteiger charge is -2.26. The quantitative estimate of drug-likeness (QED) is 0.709. The third-order valence-electron chi connectivity index (χ3n) is 2.80. The first kappa shape index (κ1) is 15.9. The number of hydrogen-bond donors (Lipinski definition) is 1. The molecule has 116 valence electrons. The van der Waals surface area contributed by atoms with Crippen LogP contribution in [-0.2, 0) is 24.6 Å². The van der Waals surface area contributed by atoms with E-state index in [0.29, 0.717) is 0 Å². The van der Waals surface area contributed by atoms with E-state index in [1.165, 1.54) is 12.3 Å². The molecule has 1 aromatic heterocycles. The highest BCUT2D eigenvalue weighted by molar-refractivity contribution is 7.93. The van der Waals surface area contributed by atoms with E-state index in [0.717, 1.165) is 6.20 Å². The minimum absolute atomic E-state index is 0.106. The van der Waals surface area contributed by atoms with Crippen LogP contribution in [0.15, 0.2) is 23.4 Å². The molecule has 1 fully saturated rings. The topological polar surface area (TPSA) is 120 Å². The van der Waals surface area contributed by atoms with Gasteiger partial charge in [-0.2, -0.15) is 0 Å². The van der Waals surface area contributed by atoms with Crippen molar-refractivity contribution in [1.29, 1.82) is 0 Å². The first-order chi connectivity index (χ1) is 9.75. The van der Waals surface area contributed by atoms with Gasteiger partial charge in [0.25, 0.3) is 0 Å². The van der Waals surface area contributed by atoms with E-state index >= 15 is 0 Å². The van der Waals surface area contributed by atoms with Gasteiger partial charge in [-0.3, -0.25) is 4.98 Å². The van der Waals surface area contributed by atoms with Crippen molar-refractivity contribution >= 4 is 25.8 Å². The lowest BCUT2D eigenvalue weighted by atomic mass is 10.3. The van der Waals surface area contributed by atoms with Crippen LogP contribution in [0.4, 0.5) is 0 Å². The third kappa shape index (κ3) is 3.57. The second-order valence-corrected chi connectivity index (χ2v) is 8.32. The molecule has 1 N–H and O–H groups in total. The van der Waals surface area contributed by atoms with Crippen molar-refractivity contribution in [2.24, 2.45) is 0 Å². The number of sulfone groups is 1. The van der Waals surface area contributed by atoms with Gasteiger partial charge in [0.05, 0.1) is 23.7 Å². The van der Waals surface area contributed by atoms with E-state index in [1.807, 2.05) is 0 Å². The van der Waals surface area contributed by atoms with Crippen LogP contribution in [-0.4, -0.2) is 51.9 Å². The van der Waals surface area contributed by atoms with Crippen LogP contribution in [0.1, 0.15) is 17.3 Å². The Hall–Kier alpha value is -1.52. The van der Waals surface area contributed by atoms with Crippen molar-refractivity contribution in [3.05, 3.63) is 24.0 Å². The Morgan fingerprint density at radius 2 is 2.14 bits per heavy atom. The van der Waals surface area contributed by atoms with Gasteiger partial charge in [0, 0.05) is 18.4 Å². The highest BCUT2D eigenvalue weighted by Gasteiger charge is 2.37. The fourth-order valence-electron chi connectivity index (χ4n) is 1.89. The Labute approximate surface area is 122 Å². The van der Waals surface area contributed by atoms with Crippen LogP contribution in [0, 0.1) is 0 Å². The molecule has 10 heteroatoms. The SMILES string of the molecule is CCOC(=O)c1ccncc1S(=O)(=O)NC1CS(=O)(=O)C1. The summed E-state index contributed by atoms with van der Waals surface area (Å²) in [6.07, 6.45) is 2.31. The van der Waals surface area contributed by atoms with Gasteiger partial charge < -0.3 is 4.74 Å². The molecule has 2 rings (SSSR count). The van der Waals surface area contributed by atoms with Crippen LogP contribution in [0.25, 0.3) is 0 Å². The third-order valence-corrected chi connectivity index (χ3v) is 6.17. The number of sulfonamides is 1. The summed E-state index contributed by atoms with van der Waals surface area (Å²) in [5.74, 6) is -1.27. The van der Waals surface area contributed by atoms with E-state index in [4.69, 9.17) is 4.74 Å². The number of rotatable bonds is 5. The second-order valence-electron chi connectivity index (χ2n) is 4.49. The zero-order valence-corrected chi connectivity index (χ0v) is 12.8. The van der Waals surface area contributed by atoms with Crippen molar-refractivity contribution < 1.29 is 26.4 Å². The molecule has 0 atom stereocenters. The minimum Gasteiger partial charge on any atom is -0.462 e. The molecule has 0 saturated carbocycles. The number of carbonyl (C=O) groups is 1. The highest BCUT2D eigenvalue weighted by atomic mass is 32.2. The summed E-state index contributed by atoms with van der Waals surface area (Å²) in [7, 11) is -7.20. The zero-order valence-electron chi connectivity index (χ0n) is 11.1. The number of hydrogen-bond acceptors (Lipinski definition) is 7. The number of esters is 1. The van der Waals surface area contributed by atoms with Crippen molar-refractivity contribution in [2.45, 2.75) is 17.9 Å². The summed E-state index contributed by atoms with van der Waals surface area (Å²) in [6, 6.07) is 0.555. The second kappa shape index (κ2) is 5.70. The molecular formula is C11H14N2O6S2. The molecule has 1 saturated heterocycles. The van der Waals surface area contributed by atoms with Crippen LogP contribution in [0.2, 0.25) is 0 Å². The van der Waals surface area contributed by atoms with Crippen molar-refractivity contribution in [3.8, 4) is 0 Å². The van der Waals surface area contributed by atoms with Gasteiger partial charge in [0.15, 0.2) is 9.84 Å². The first-order valence-corrected chi connectivity index (χ1v) is 9.39. The first-order valence-electron chi connectivity index (χ1n) is 6.09. The Morgan fingerprint density at radius 3 is 2.71 bits per heavy atom. The maximum Gasteiger partial charge on any atom is 0.339 e. The van der Waals surface area contributed by atoms with Gasteiger partial charge in [-0.15, -0.1) is 0 Å². The van der Waals surface area contributed by atoms with Crippen LogP contribution in [0.3, 0.4) is 0 Å². The molecule has 21 heavy (non-hydrogen) atoms. The minimum atomic E-state index is -4.04. The van der Waals surface area contributed by atoms with Gasteiger partial charge in [-0.25, -0.2) is 26.4 Å². The Morgan fingerprint density at radius 1 is 1.48 bits per heavy atom. The van der Waals surface area contributed by atoms with E-state index < -0.39 is 31.9 Å². The fraction of sp³-hybridized carbons (Fsp3) is 0.455. The molecule has 1 aliphatic heterocycles. The van der Waals surface area contributed by atoms with E-state index in [9.17, 15) is 21.6 Å². The molecule has 0 aliphatic carbocycles. The van der Waals surface area contributed by atoms with Gasteiger partial charge in [-0.05, 0) is 13.0 Å². The Balaban J connectivity index is 2.26. The van der Waals surface area contributed by atoms with E-state index in [1.54, 1.807) is 6.92 Å². The van der Waals surface area contributed by atoms with Crippen molar-refractivity contribution in [2.75, 3.05) is 18.1 Å². The number of nitrogens with zero attached hydrogens (tertiary/aromatic N) is 1. The number of carbonyl (C=O) groups excluding carboxylic acids is 1. The summed E-state index contributed by atoms with van der Waals surface area (Å²) in [4.78, 5) is 15.1. The lowest BCUT2D eigenvalue weighted by molar-refractivity contribution is 0.0521. The van der Waals surface area contributed by atoms with Crippen molar-refractivity contribution in [1.82, 2.24) is 9.71 Å². The Kier molecular flexibility index (Phi) is 4.30. The largest absolute Gasteiger partial charge is 0.462 e. The highest BCUT2D eigenvalue weighted by Crippen LogP contribution is 2.18. The number of aromatic nitrogens is 1. The molecule has 0 radical (unpaired) electrons. The fourth-order valence-corrected chi connectivity index (χ4v) is 4.77. The van der Waals surface area contributed by atoms with Gasteiger partial charge in [0.2, 0.25) is 10.0 Å². The van der Waals surface area contributed by atoms with Gasteiger partial charge in [-0.1, -0.05) is 0 Å². The average molecular weight is 334 g/mol. The molecule has 0 unspecified atom stereocenters. The zero-order chi connectivity index (χ0) is 15.7. The summed E-state index contributed by atoms with van der Waals surface area (Å²) in [5.41, 5.74) is -0.137. The molecular weight excluding hydrogens is 320 g/mol. The van der Waals surface area contributed by atoms with Crippen molar-refractivity contribution in [3.63, 3.8) is 0 Å². The number of nitrogens with one attached hydrogen (secondary N) is 1. The molecule has 2 heterocycles. The van der Waals surface area contributed by atoms with Gasteiger partial charge in [0.1, 0.15) is 4.90 Å². The molecule has 0 bridgehead atoms. The van der Waals surface area contributed by atoms with E-state index in [-0.39, 0.29) is 28.6 Å². The summed E-state index contributed by atoms with van der Waals surface area (Å²) < 4.78 is 53.6. The summed E-state index contributed by atoms with van der Waals surface area (Å²) in [6.45, 7) is 1.71. The number of pyridine rings is 1. The summed E-state index contributed by atoms with van der Waals surface area (Å²) >= 11 is 0. The van der Waals surface area contributed by atoms with Gasteiger partial charge >= 0.3 is 5.97 Å². The Bertz CT molecular complexity index is 745. The predicted molar refractivity (Wildman–Crippen MR) is 73.0 cm³/mol. The predicted octanol–water partition coefficient (Wildman–Crippen LogP) is -0.666. The monoisotopic (exact) mass is 334 g/mol. The van der Waals surface area contributed by atoms with Crippen LogP contribution >= 0.6 is 0 Å². The maximum atomic E-state index is 12.2. The molecule has 1 aromatic rings. The average Bonchev–Trinajstić information content (AvgIpc) is 2.36.